The van der Waals surface area contributed by atoms with Crippen molar-refractivity contribution in [1.29, 1.82) is 0 Å². The first-order valence-electron chi connectivity index (χ1n) is 8.56. The highest BCUT2D eigenvalue weighted by atomic mass is 16.5. The SMILES string of the molecule is COc1cc2c(cc1CN[C@H]1CCOc3ccccc31)O[C@H](C)C2. The second kappa shape index (κ2) is 6.36. The number of nitrogens with one attached hydrogen (secondary N) is 1. The van der Waals surface area contributed by atoms with Gasteiger partial charge in [0.05, 0.1) is 13.7 Å². The number of ether oxygens (including phenoxy) is 3. The molecule has 0 unspecified atom stereocenters. The summed E-state index contributed by atoms with van der Waals surface area (Å²) < 4.78 is 17.2. The van der Waals surface area contributed by atoms with Gasteiger partial charge in [0.2, 0.25) is 0 Å². The van der Waals surface area contributed by atoms with Gasteiger partial charge >= 0.3 is 0 Å². The van der Waals surface area contributed by atoms with Crippen LogP contribution in [-0.2, 0) is 13.0 Å². The van der Waals surface area contributed by atoms with Gasteiger partial charge in [0, 0.05) is 42.1 Å². The number of rotatable bonds is 4. The third-order valence-electron chi connectivity index (χ3n) is 4.80. The average molecular weight is 325 g/mol. The summed E-state index contributed by atoms with van der Waals surface area (Å²) >= 11 is 0. The maximum Gasteiger partial charge on any atom is 0.124 e. The van der Waals surface area contributed by atoms with Crippen molar-refractivity contribution >= 4 is 0 Å². The number of methoxy groups -OCH3 is 1. The molecule has 0 spiro atoms. The standard InChI is InChI=1S/C20H23NO3/c1-13-9-14-10-19(22-2)15(11-20(14)24-13)12-21-17-7-8-23-18-6-4-3-5-16(17)18/h3-6,10-11,13,17,21H,7-9,12H2,1-2H3/t13-,17+/m1/s1. The van der Waals surface area contributed by atoms with E-state index < -0.39 is 0 Å². The molecule has 0 saturated carbocycles. The summed E-state index contributed by atoms with van der Waals surface area (Å²) in [6, 6.07) is 12.8. The molecule has 0 amide bonds. The van der Waals surface area contributed by atoms with Crippen LogP contribution in [0.1, 0.15) is 36.1 Å². The maximum atomic E-state index is 5.89. The highest BCUT2D eigenvalue weighted by Gasteiger charge is 2.24. The molecule has 0 aromatic heterocycles. The van der Waals surface area contributed by atoms with Crippen molar-refractivity contribution in [2.75, 3.05) is 13.7 Å². The molecule has 2 heterocycles. The Morgan fingerprint density at radius 2 is 2.08 bits per heavy atom. The van der Waals surface area contributed by atoms with Crippen LogP contribution in [-0.4, -0.2) is 19.8 Å². The third kappa shape index (κ3) is 2.82. The smallest absolute Gasteiger partial charge is 0.124 e. The molecule has 0 bridgehead atoms. The number of para-hydroxylation sites is 1. The van der Waals surface area contributed by atoms with E-state index in [1.807, 2.05) is 12.1 Å². The molecule has 2 aromatic carbocycles. The van der Waals surface area contributed by atoms with E-state index >= 15 is 0 Å². The lowest BCUT2D eigenvalue weighted by atomic mass is 10.00. The fraction of sp³-hybridized carbons (Fsp3) is 0.400. The molecule has 4 rings (SSSR count). The summed E-state index contributed by atoms with van der Waals surface area (Å²) in [7, 11) is 1.73. The monoisotopic (exact) mass is 325 g/mol. The van der Waals surface area contributed by atoms with Crippen molar-refractivity contribution in [2.45, 2.75) is 38.5 Å². The number of hydrogen-bond acceptors (Lipinski definition) is 4. The minimum Gasteiger partial charge on any atom is -0.496 e. The zero-order valence-electron chi connectivity index (χ0n) is 14.2. The van der Waals surface area contributed by atoms with Crippen LogP contribution in [0.3, 0.4) is 0 Å². The highest BCUT2D eigenvalue weighted by molar-refractivity contribution is 5.49. The van der Waals surface area contributed by atoms with E-state index in [-0.39, 0.29) is 6.10 Å². The maximum absolute atomic E-state index is 5.89. The van der Waals surface area contributed by atoms with Crippen molar-refractivity contribution in [1.82, 2.24) is 5.32 Å². The molecule has 0 aliphatic carbocycles. The summed E-state index contributed by atoms with van der Waals surface area (Å²) in [5, 5.41) is 3.66. The van der Waals surface area contributed by atoms with Crippen LogP contribution in [0.5, 0.6) is 17.2 Å². The Labute approximate surface area is 142 Å². The zero-order chi connectivity index (χ0) is 16.5. The molecule has 0 radical (unpaired) electrons. The van der Waals surface area contributed by atoms with E-state index in [1.165, 1.54) is 11.1 Å². The van der Waals surface area contributed by atoms with E-state index in [1.54, 1.807) is 7.11 Å². The summed E-state index contributed by atoms with van der Waals surface area (Å²) in [6.45, 7) is 3.59. The van der Waals surface area contributed by atoms with E-state index in [9.17, 15) is 0 Å². The summed E-state index contributed by atoms with van der Waals surface area (Å²) in [5.74, 6) is 2.91. The van der Waals surface area contributed by atoms with Crippen LogP contribution >= 0.6 is 0 Å². The molecule has 2 atom stereocenters. The van der Waals surface area contributed by atoms with E-state index in [4.69, 9.17) is 14.2 Å². The molecule has 24 heavy (non-hydrogen) atoms. The topological polar surface area (TPSA) is 39.7 Å². The largest absolute Gasteiger partial charge is 0.496 e. The summed E-state index contributed by atoms with van der Waals surface area (Å²) in [4.78, 5) is 0. The first kappa shape index (κ1) is 15.3. The Kier molecular flexibility index (Phi) is 4.07. The van der Waals surface area contributed by atoms with Gasteiger partial charge in [-0.15, -0.1) is 0 Å². The van der Waals surface area contributed by atoms with Gasteiger partial charge in [0.25, 0.3) is 0 Å². The summed E-state index contributed by atoms with van der Waals surface area (Å²) in [6.07, 6.45) is 2.17. The second-order valence-electron chi connectivity index (χ2n) is 6.51. The molecule has 0 fully saturated rings. The Hall–Kier alpha value is -2.20. The van der Waals surface area contributed by atoms with Crippen molar-refractivity contribution < 1.29 is 14.2 Å². The van der Waals surface area contributed by atoms with Gasteiger partial charge < -0.3 is 19.5 Å². The van der Waals surface area contributed by atoms with Crippen LogP contribution in [0.15, 0.2) is 36.4 Å². The Morgan fingerprint density at radius 1 is 1.21 bits per heavy atom. The molecule has 2 aliphatic rings. The number of benzene rings is 2. The molecule has 4 heteroatoms. The highest BCUT2D eigenvalue weighted by Crippen LogP contribution is 2.36. The van der Waals surface area contributed by atoms with Crippen molar-refractivity contribution in [3.63, 3.8) is 0 Å². The van der Waals surface area contributed by atoms with Crippen molar-refractivity contribution in [3.05, 3.63) is 53.1 Å². The van der Waals surface area contributed by atoms with E-state index in [2.05, 4.69) is 36.5 Å². The predicted molar refractivity (Wildman–Crippen MR) is 92.9 cm³/mol. The molecule has 2 aromatic rings. The Bertz CT molecular complexity index is 744. The molecule has 1 N–H and O–H groups in total. The molecular weight excluding hydrogens is 302 g/mol. The lowest BCUT2D eigenvalue weighted by Crippen LogP contribution is -2.26. The van der Waals surface area contributed by atoms with Crippen molar-refractivity contribution in [3.8, 4) is 17.2 Å². The van der Waals surface area contributed by atoms with Crippen molar-refractivity contribution in [2.24, 2.45) is 0 Å². The molecule has 4 nitrogen and oxygen atoms in total. The molecule has 126 valence electrons. The average Bonchev–Trinajstić information content (AvgIpc) is 2.97. The quantitative estimate of drug-likeness (QED) is 0.932. The third-order valence-corrected chi connectivity index (χ3v) is 4.80. The van der Waals surface area contributed by atoms with Crippen LogP contribution in [0.2, 0.25) is 0 Å². The van der Waals surface area contributed by atoms with Gasteiger partial charge in [-0.3, -0.25) is 0 Å². The van der Waals surface area contributed by atoms with E-state index in [0.29, 0.717) is 6.04 Å². The fourth-order valence-corrected chi connectivity index (χ4v) is 3.60. The first-order chi connectivity index (χ1) is 11.7. The lowest BCUT2D eigenvalue weighted by molar-refractivity contribution is 0.250. The molecule has 0 saturated heterocycles. The Balaban J connectivity index is 1.54. The van der Waals surface area contributed by atoms with Gasteiger partial charge in [-0.05, 0) is 25.1 Å². The number of hydrogen-bond donors (Lipinski definition) is 1. The van der Waals surface area contributed by atoms with Crippen LogP contribution in [0.25, 0.3) is 0 Å². The van der Waals surface area contributed by atoms with Crippen LogP contribution < -0.4 is 19.5 Å². The van der Waals surface area contributed by atoms with Gasteiger partial charge in [-0.25, -0.2) is 0 Å². The van der Waals surface area contributed by atoms with Gasteiger partial charge in [-0.2, -0.15) is 0 Å². The fourth-order valence-electron chi connectivity index (χ4n) is 3.60. The van der Waals surface area contributed by atoms with Gasteiger partial charge in [0.15, 0.2) is 0 Å². The number of fused-ring (bicyclic) bond motifs is 2. The normalized spacial score (nSPS) is 21.4. The minimum atomic E-state index is 0.246. The lowest BCUT2D eigenvalue weighted by Gasteiger charge is -2.27. The summed E-state index contributed by atoms with van der Waals surface area (Å²) in [5.41, 5.74) is 3.60. The second-order valence-corrected chi connectivity index (χ2v) is 6.51. The molecule has 2 aliphatic heterocycles. The predicted octanol–water partition coefficient (Wildman–Crippen LogP) is 3.63. The Morgan fingerprint density at radius 3 is 2.96 bits per heavy atom. The van der Waals surface area contributed by atoms with E-state index in [0.717, 1.165) is 48.8 Å². The zero-order valence-corrected chi connectivity index (χ0v) is 14.2. The van der Waals surface area contributed by atoms with Crippen LogP contribution in [0.4, 0.5) is 0 Å². The first-order valence-corrected chi connectivity index (χ1v) is 8.56. The molecular formula is C20H23NO3. The van der Waals surface area contributed by atoms with Crippen LogP contribution in [0, 0.1) is 0 Å². The van der Waals surface area contributed by atoms with Gasteiger partial charge in [0.1, 0.15) is 23.4 Å². The van der Waals surface area contributed by atoms with Gasteiger partial charge in [-0.1, -0.05) is 18.2 Å². The minimum absolute atomic E-state index is 0.246.